The average molecular weight is 278 g/mol. The number of anilines is 1. The first-order chi connectivity index (χ1) is 9.54. The van der Waals surface area contributed by atoms with Crippen LogP contribution < -0.4 is 10.6 Å². The number of hydrogen-bond donors (Lipinski definition) is 3. The zero-order valence-corrected chi connectivity index (χ0v) is 11.3. The van der Waals surface area contributed by atoms with E-state index in [4.69, 9.17) is 5.11 Å². The van der Waals surface area contributed by atoms with Crippen LogP contribution in [0.25, 0.3) is 0 Å². The fraction of sp³-hybridized carbons (Fsp3) is 0.538. The van der Waals surface area contributed by atoms with Crippen molar-refractivity contribution in [1.29, 1.82) is 0 Å². The molecule has 1 aromatic heterocycles. The lowest BCUT2D eigenvalue weighted by Gasteiger charge is -2.26. The van der Waals surface area contributed by atoms with Gasteiger partial charge in [0.2, 0.25) is 0 Å². The maximum atomic E-state index is 11.8. The molecule has 2 rings (SSSR count). The molecule has 1 saturated carbocycles. The Morgan fingerprint density at radius 1 is 1.20 bits per heavy atom. The van der Waals surface area contributed by atoms with Crippen molar-refractivity contribution in [2.45, 2.75) is 38.6 Å². The van der Waals surface area contributed by atoms with Crippen molar-refractivity contribution in [2.75, 3.05) is 5.32 Å². The van der Waals surface area contributed by atoms with E-state index >= 15 is 0 Å². The van der Waals surface area contributed by atoms with Gasteiger partial charge in [-0.1, -0.05) is 0 Å². The first-order valence-electron chi connectivity index (χ1n) is 6.63. The predicted molar refractivity (Wildman–Crippen MR) is 72.3 cm³/mol. The zero-order valence-electron chi connectivity index (χ0n) is 11.3. The van der Waals surface area contributed by atoms with Crippen molar-refractivity contribution in [3.05, 3.63) is 18.2 Å². The molecule has 0 bridgehead atoms. The summed E-state index contributed by atoms with van der Waals surface area (Å²) in [5.74, 6) is -0.380. The van der Waals surface area contributed by atoms with E-state index in [1.54, 1.807) is 19.3 Å². The van der Waals surface area contributed by atoms with Gasteiger partial charge in [-0.3, -0.25) is 4.79 Å². The van der Waals surface area contributed by atoms with Crippen LogP contribution in [0.2, 0.25) is 0 Å². The van der Waals surface area contributed by atoms with Crippen LogP contribution in [-0.4, -0.2) is 33.1 Å². The van der Waals surface area contributed by atoms with E-state index < -0.39 is 5.97 Å². The Hall–Kier alpha value is -2.18. The number of rotatable bonds is 3. The molecule has 1 fully saturated rings. The largest absolute Gasteiger partial charge is 0.481 e. The molecule has 1 aromatic rings. The average Bonchev–Trinajstić information content (AvgIpc) is 2.42. The van der Waals surface area contributed by atoms with Gasteiger partial charge in [0.25, 0.3) is 0 Å². The van der Waals surface area contributed by atoms with Crippen LogP contribution in [0.15, 0.2) is 12.4 Å². The highest BCUT2D eigenvalue weighted by Gasteiger charge is 2.26. The molecule has 0 aliphatic heterocycles. The number of nitrogens with one attached hydrogen (secondary N) is 2. The van der Waals surface area contributed by atoms with Gasteiger partial charge >= 0.3 is 12.0 Å². The normalized spacial score (nSPS) is 22.1. The highest BCUT2D eigenvalue weighted by Crippen LogP contribution is 2.24. The summed E-state index contributed by atoms with van der Waals surface area (Å²) in [6, 6.07) is -0.284. The quantitative estimate of drug-likeness (QED) is 0.778. The van der Waals surface area contributed by atoms with Crippen molar-refractivity contribution < 1.29 is 14.7 Å². The summed E-state index contributed by atoms with van der Waals surface area (Å²) in [5.41, 5.74) is 0.535. The third kappa shape index (κ3) is 3.91. The maximum Gasteiger partial charge on any atom is 0.319 e. The second kappa shape index (κ2) is 6.31. The number of carbonyl (C=O) groups excluding carboxylic acids is 1. The first-order valence-corrected chi connectivity index (χ1v) is 6.63. The van der Waals surface area contributed by atoms with E-state index in [0.29, 0.717) is 37.2 Å². The monoisotopic (exact) mass is 278 g/mol. The summed E-state index contributed by atoms with van der Waals surface area (Å²) in [6.45, 7) is 1.77. The van der Waals surface area contributed by atoms with E-state index in [1.165, 1.54) is 0 Å². The number of urea groups is 1. The number of aliphatic carboxylic acids is 1. The van der Waals surface area contributed by atoms with Gasteiger partial charge in [0.15, 0.2) is 0 Å². The third-order valence-corrected chi connectivity index (χ3v) is 3.45. The van der Waals surface area contributed by atoms with Gasteiger partial charge in [-0.05, 0) is 32.6 Å². The molecular formula is C13H18N4O3. The number of amides is 2. The van der Waals surface area contributed by atoms with Gasteiger partial charge in [0, 0.05) is 6.04 Å². The molecule has 0 unspecified atom stereocenters. The van der Waals surface area contributed by atoms with Crippen LogP contribution in [0.5, 0.6) is 0 Å². The molecule has 1 aliphatic rings. The van der Waals surface area contributed by atoms with Crippen LogP contribution in [0.3, 0.4) is 0 Å². The fourth-order valence-corrected chi connectivity index (χ4v) is 2.29. The molecule has 0 aromatic carbocycles. The Labute approximate surface area is 116 Å². The Kier molecular flexibility index (Phi) is 4.49. The molecule has 7 nitrogen and oxygen atoms in total. The molecule has 3 N–H and O–H groups in total. The van der Waals surface area contributed by atoms with Crippen LogP contribution in [0, 0.1) is 12.8 Å². The zero-order chi connectivity index (χ0) is 14.5. The molecule has 1 aliphatic carbocycles. The maximum absolute atomic E-state index is 11.8. The SMILES string of the molecule is Cc1ncc(NC(=O)NC2CCC(C(=O)O)CC2)cn1. The number of carbonyl (C=O) groups is 2. The molecule has 0 spiro atoms. The molecule has 7 heteroatoms. The second-order valence-corrected chi connectivity index (χ2v) is 5.00. The minimum absolute atomic E-state index is 0.0250. The standard InChI is InChI=1S/C13H18N4O3/c1-8-14-6-11(7-15-8)17-13(20)16-10-4-2-9(3-5-10)12(18)19/h6-7,9-10H,2-5H2,1H3,(H,18,19)(H2,16,17,20). The highest BCUT2D eigenvalue weighted by atomic mass is 16.4. The van der Waals surface area contributed by atoms with Crippen molar-refractivity contribution >= 4 is 17.7 Å². The van der Waals surface area contributed by atoms with Crippen molar-refractivity contribution in [2.24, 2.45) is 5.92 Å². The summed E-state index contributed by atoms with van der Waals surface area (Å²) in [6.07, 6.45) is 5.68. The molecule has 2 amide bonds. The summed E-state index contributed by atoms with van der Waals surface area (Å²) < 4.78 is 0. The van der Waals surface area contributed by atoms with E-state index in [1.807, 2.05) is 0 Å². The van der Waals surface area contributed by atoms with Gasteiger partial charge in [0.1, 0.15) is 5.82 Å². The Balaban J connectivity index is 1.78. The van der Waals surface area contributed by atoms with E-state index in [9.17, 15) is 9.59 Å². The first kappa shape index (κ1) is 14.2. The molecule has 20 heavy (non-hydrogen) atoms. The third-order valence-electron chi connectivity index (χ3n) is 3.45. The van der Waals surface area contributed by atoms with Crippen LogP contribution in [0.4, 0.5) is 10.5 Å². The summed E-state index contributed by atoms with van der Waals surface area (Å²) >= 11 is 0. The number of aryl methyl sites for hydroxylation is 1. The van der Waals surface area contributed by atoms with E-state index in [-0.39, 0.29) is 18.0 Å². The van der Waals surface area contributed by atoms with Gasteiger partial charge in [-0.15, -0.1) is 0 Å². The lowest BCUT2D eigenvalue weighted by Crippen LogP contribution is -2.41. The molecule has 0 saturated heterocycles. The van der Waals surface area contributed by atoms with Crippen molar-refractivity contribution in [3.63, 3.8) is 0 Å². The lowest BCUT2D eigenvalue weighted by molar-refractivity contribution is -0.142. The lowest BCUT2D eigenvalue weighted by atomic mass is 9.86. The Morgan fingerprint density at radius 3 is 2.35 bits per heavy atom. The number of hydrogen-bond acceptors (Lipinski definition) is 4. The van der Waals surface area contributed by atoms with Crippen LogP contribution in [-0.2, 0) is 4.79 Å². The minimum Gasteiger partial charge on any atom is -0.481 e. The predicted octanol–water partition coefficient (Wildman–Crippen LogP) is 1.55. The van der Waals surface area contributed by atoms with E-state index in [0.717, 1.165) is 0 Å². The van der Waals surface area contributed by atoms with Gasteiger partial charge in [0.05, 0.1) is 24.0 Å². The highest BCUT2D eigenvalue weighted by molar-refractivity contribution is 5.89. The smallest absolute Gasteiger partial charge is 0.319 e. The summed E-state index contributed by atoms with van der Waals surface area (Å²) in [7, 11) is 0. The van der Waals surface area contributed by atoms with Crippen molar-refractivity contribution in [3.8, 4) is 0 Å². The number of carboxylic acids is 1. The van der Waals surface area contributed by atoms with Gasteiger partial charge in [-0.2, -0.15) is 0 Å². The topological polar surface area (TPSA) is 104 Å². The Bertz CT molecular complexity index is 481. The molecule has 0 radical (unpaired) electrons. The minimum atomic E-state index is -0.746. The number of carboxylic acid groups (broad SMARTS) is 1. The number of aromatic nitrogens is 2. The Morgan fingerprint density at radius 2 is 1.80 bits per heavy atom. The molecule has 0 atom stereocenters. The second-order valence-electron chi connectivity index (χ2n) is 5.00. The molecular weight excluding hydrogens is 260 g/mol. The van der Waals surface area contributed by atoms with Gasteiger partial charge < -0.3 is 15.7 Å². The van der Waals surface area contributed by atoms with Crippen LogP contribution in [0.1, 0.15) is 31.5 Å². The summed E-state index contributed by atoms with van der Waals surface area (Å²) in [4.78, 5) is 30.6. The number of nitrogens with zero attached hydrogens (tertiary/aromatic N) is 2. The molecule has 108 valence electrons. The van der Waals surface area contributed by atoms with Crippen molar-refractivity contribution in [1.82, 2.24) is 15.3 Å². The van der Waals surface area contributed by atoms with Gasteiger partial charge in [-0.25, -0.2) is 14.8 Å². The summed E-state index contributed by atoms with van der Waals surface area (Å²) in [5, 5.41) is 14.4. The van der Waals surface area contributed by atoms with E-state index in [2.05, 4.69) is 20.6 Å². The molecule has 1 heterocycles. The van der Waals surface area contributed by atoms with Crippen LogP contribution >= 0.6 is 0 Å². The fourth-order valence-electron chi connectivity index (χ4n) is 2.29.